The Labute approximate surface area is 79.0 Å². The van der Waals surface area contributed by atoms with Crippen LogP contribution in [0.15, 0.2) is 22.8 Å². The summed E-state index contributed by atoms with van der Waals surface area (Å²) < 4.78 is 0. The van der Waals surface area contributed by atoms with Gasteiger partial charge in [-0.05, 0) is 32.8 Å². The number of hydrogen-bond acceptors (Lipinski definition) is 2. The van der Waals surface area contributed by atoms with Crippen LogP contribution in [0.25, 0.3) is 0 Å². The Kier molecular flexibility index (Phi) is 3.04. The van der Waals surface area contributed by atoms with Crippen molar-refractivity contribution in [2.75, 3.05) is 0 Å². The number of carbonyl (C=O) groups excluding carboxylic acids is 1. The number of hydrogen-bond donors (Lipinski definition) is 1. The quantitative estimate of drug-likeness (QED) is 0.660. The van der Waals surface area contributed by atoms with E-state index in [9.17, 15) is 9.90 Å². The summed E-state index contributed by atoms with van der Waals surface area (Å²) in [7, 11) is 0. The molecule has 0 fully saturated rings. The molecule has 0 aliphatic heterocycles. The third-order valence-corrected chi connectivity index (χ3v) is 2.41. The van der Waals surface area contributed by atoms with Gasteiger partial charge >= 0.3 is 0 Å². The Hall–Kier alpha value is -0.890. The summed E-state index contributed by atoms with van der Waals surface area (Å²) in [6.45, 7) is 5.85. The minimum Gasteiger partial charge on any atom is -0.388 e. The summed E-state index contributed by atoms with van der Waals surface area (Å²) >= 11 is 0. The molecule has 0 aromatic rings. The first-order chi connectivity index (χ1) is 6.02. The molecule has 1 N–H and O–H groups in total. The van der Waals surface area contributed by atoms with Crippen LogP contribution >= 0.6 is 0 Å². The average Bonchev–Trinajstić information content (AvgIpc) is 2.24. The van der Waals surface area contributed by atoms with Gasteiger partial charge in [0.1, 0.15) is 0 Å². The molecule has 1 aliphatic rings. The molecular formula is C11H16O2. The van der Waals surface area contributed by atoms with Crippen LogP contribution in [0.1, 0.15) is 33.6 Å². The Morgan fingerprint density at radius 2 is 2.23 bits per heavy atom. The SMILES string of the molecule is CC(C)=CCC1=C(C)C(O)CC1=O. The van der Waals surface area contributed by atoms with Crippen LogP contribution < -0.4 is 0 Å². The van der Waals surface area contributed by atoms with E-state index in [-0.39, 0.29) is 12.2 Å². The third-order valence-electron chi connectivity index (χ3n) is 2.41. The van der Waals surface area contributed by atoms with Crippen LogP contribution in [-0.4, -0.2) is 17.0 Å². The Morgan fingerprint density at radius 3 is 2.62 bits per heavy atom. The lowest BCUT2D eigenvalue weighted by Crippen LogP contribution is -2.03. The zero-order valence-electron chi connectivity index (χ0n) is 8.42. The second-order valence-electron chi connectivity index (χ2n) is 3.79. The van der Waals surface area contributed by atoms with Gasteiger partial charge in [-0.1, -0.05) is 11.6 Å². The molecule has 0 aromatic heterocycles. The second kappa shape index (κ2) is 3.88. The molecule has 0 amide bonds. The van der Waals surface area contributed by atoms with Crippen molar-refractivity contribution >= 4 is 5.78 Å². The van der Waals surface area contributed by atoms with Gasteiger partial charge in [-0.25, -0.2) is 0 Å². The Morgan fingerprint density at radius 1 is 1.62 bits per heavy atom. The van der Waals surface area contributed by atoms with Crippen molar-refractivity contribution in [3.8, 4) is 0 Å². The first kappa shape index (κ1) is 10.2. The fourth-order valence-electron chi connectivity index (χ4n) is 1.45. The summed E-state index contributed by atoms with van der Waals surface area (Å²) in [4.78, 5) is 11.4. The molecule has 0 heterocycles. The molecule has 0 bridgehead atoms. The van der Waals surface area contributed by atoms with E-state index in [1.54, 1.807) is 0 Å². The van der Waals surface area contributed by atoms with Crippen molar-refractivity contribution in [3.63, 3.8) is 0 Å². The molecule has 0 aromatic carbocycles. The zero-order valence-corrected chi connectivity index (χ0v) is 8.42. The Bertz CT molecular complexity index is 280. The summed E-state index contributed by atoms with van der Waals surface area (Å²) in [5.74, 6) is 0.0995. The number of Topliss-reactive ketones (excluding diaryl/α,β-unsaturated/α-hetero) is 1. The maximum absolute atomic E-state index is 11.4. The van der Waals surface area contributed by atoms with Gasteiger partial charge in [-0.2, -0.15) is 0 Å². The molecule has 0 radical (unpaired) electrons. The van der Waals surface area contributed by atoms with Gasteiger partial charge in [0.2, 0.25) is 0 Å². The highest BCUT2D eigenvalue weighted by Gasteiger charge is 2.26. The van der Waals surface area contributed by atoms with Gasteiger partial charge in [0.25, 0.3) is 0 Å². The first-order valence-electron chi connectivity index (χ1n) is 4.56. The number of aliphatic hydroxyl groups excluding tert-OH is 1. The van der Waals surface area contributed by atoms with E-state index in [1.165, 1.54) is 5.57 Å². The van der Waals surface area contributed by atoms with Gasteiger partial charge in [-0.15, -0.1) is 0 Å². The summed E-state index contributed by atoms with van der Waals surface area (Å²) in [5, 5.41) is 9.40. The number of allylic oxidation sites excluding steroid dienone is 3. The minimum atomic E-state index is -0.534. The molecule has 0 saturated heterocycles. The monoisotopic (exact) mass is 180 g/mol. The molecule has 2 nitrogen and oxygen atoms in total. The molecule has 1 unspecified atom stereocenters. The molecule has 1 rings (SSSR count). The smallest absolute Gasteiger partial charge is 0.162 e. The highest BCUT2D eigenvalue weighted by molar-refractivity contribution is 5.99. The van der Waals surface area contributed by atoms with Crippen LogP contribution in [0.5, 0.6) is 0 Å². The number of ketones is 1. The van der Waals surface area contributed by atoms with E-state index < -0.39 is 6.10 Å². The van der Waals surface area contributed by atoms with Crippen molar-refractivity contribution in [1.82, 2.24) is 0 Å². The predicted molar refractivity (Wildman–Crippen MR) is 52.4 cm³/mol. The lowest BCUT2D eigenvalue weighted by atomic mass is 10.1. The fourth-order valence-corrected chi connectivity index (χ4v) is 1.45. The van der Waals surface area contributed by atoms with Crippen molar-refractivity contribution in [2.24, 2.45) is 0 Å². The lowest BCUT2D eigenvalue weighted by Gasteiger charge is -2.00. The normalized spacial score (nSPS) is 22.5. The molecule has 72 valence electrons. The fraction of sp³-hybridized carbons (Fsp3) is 0.545. The van der Waals surface area contributed by atoms with Gasteiger partial charge in [0.05, 0.1) is 6.10 Å². The first-order valence-corrected chi connectivity index (χ1v) is 4.56. The molecule has 13 heavy (non-hydrogen) atoms. The molecule has 0 saturated carbocycles. The molecule has 1 atom stereocenters. The third kappa shape index (κ3) is 2.28. The van der Waals surface area contributed by atoms with Crippen LogP contribution in [-0.2, 0) is 4.79 Å². The molecule has 2 heteroatoms. The Balaban J connectivity index is 2.78. The number of aliphatic hydroxyl groups is 1. The topological polar surface area (TPSA) is 37.3 Å². The molecule has 1 aliphatic carbocycles. The summed E-state index contributed by atoms with van der Waals surface area (Å²) in [6.07, 6.45) is 2.43. The number of carbonyl (C=O) groups is 1. The van der Waals surface area contributed by atoms with E-state index in [1.807, 2.05) is 26.8 Å². The van der Waals surface area contributed by atoms with E-state index in [4.69, 9.17) is 0 Å². The molecular weight excluding hydrogens is 164 g/mol. The van der Waals surface area contributed by atoms with Crippen molar-refractivity contribution in [1.29, 1.82) is 0 Å². The van der Waals surface area contributed by atoms with E-state index in [0.29, 0.717) is 6.42 Å². The van der Waals surface area contributed by atoms with Crippen LogP contribution in [0.4, 0.5) is 0 Å². The van der Waals surface area contributed by atoms with Gasteiger partial charge < -0.3 is 5.11 Å². The lowest BCUT2D eigenvalue weighted by molar-refractivity contribution is -0.115. The van der Waals surface area contributed by atoms with Gasteiger partial charge in [-0.3, -0.25) is 4.79 Å². The zero-order chi connectivity index (χ0) is 10.0. The summed E-state index contributed by atoms with van der Waals surface area (Å²) in [5.41, 5.74) is 2.85. The van der Waals surface area contributed by atoms with Gasteiger partial charge in [0.15, 0.2) is 5.78 Å². The van der Waals surface area contributed by atoms with E-state index >= 15 is 0 Å². The average molecular weight is 180 g/mol. The highest BCUT2D eigenvalue weighted by Crippen LogP contribution is 2.25. The second-order valence-corrected chi connectivity index (χ2v) is 3.79. The number of rotatable bonds is 2. The highest BCUT2D eigenvalue weighted by atomic mass is 16.3. The largest absolute Gasteiger partial charge is 0.388 e. The minimum absolute atomic E-state index is 0.0995. The van der Waals surface area contributed by atoms with Crippen LogP contribution in [0.3, 0.4) is 0 Å². The van der Waals surface area contributed by atoms with Crippen LogP contribution in [0, 0.1) is 0 Å². The maximum atomic E-state index is 11.4. The molecule has 0 spiro atoms. The standard InChI is InChI=1S/C11H16O2/c1-7(2)4-5-9-8(3)10(12)6-11(9)13/h4,10,12H,5-6H2,1-3H3. The maximum Gasteiger partial charge on any atom is 0.162 e. The van der Waals surface area contributed by atoms with Crippen molar-refractivity contribution in [3.05, 3.63) is 22.8 Å². The van der Waals surface area contributed by atoms with Crippen molar-refractivity contribution < 1.29 is 9.90 Å². The van der Waals surface area contributed by atoms with E-state index in [2.05, 4.69) is 0 Å². The summed E-state index contributed by atoms with van der Waals surface area (Å²) in [6, 6.07) is 0. The van der Waals surface area contributed by atoms with E-state index in [0.717, 1.165) is 11.1 Å². The van der Waals surface area contributed by atoms with Crippen LogP contribution in [0.2, 0.25) is 0 Å². The van der Waals surface area contributed by atoms with Crippen molar-refractivity contribution in [2.45, 2.75) is 39.7 Å². The predicted octanol–water partition coefficient (Wildman–Crippen LogP) is 1.99. The van der Waals surface area contributed by atoms with Gasteiger partial charge in [0, 0.05) is 12.0 Å².